The maximum atomic E-state index is 13.1. The van der Waals surface area contributed by atoms with Gasteiger partial charge in [0.2, 0.25) is 5.91 Å². The van der Waals surface area contributed by atoms with Crippen LogP contribution in [0.15, 0.2) is 29.2 Å². The zero-order valence-corrected chi connectivity index (χ0v) is 21.2. The zero-order chi connectivity index (χ0) is 25.3. The summed E-state index contributed by atoms with van der Waals surface area (Å²) in [4.78, 5) is 42.1. The molecule has 3 rings (SSSR count). The third-order valence-corrected chi connectivity index (χ3v) is 7.27. The van der Waals surface area contributed by atoms with Gasteiger partial charge in [-0.3, -0.25) is 14.4 Å². The Morgan fingerprint density at radius 3 is 2.38 bits per heavy atom. The number of fused-ring (bicyclic) bond motifs is 1. The Balaban J connectivity index is 1.78. The lowest BCUT2D eigenvalue weighted by molar-refractivity contribution is -0.118. The Labute approximate surface area is 200 Å². The van der Waals surface area contributed by atoms with Gasteiger partial charge in [0.25, 0.3) is 5.91 Å². The fraction of sp³-hybridized carbons (Fsp3) is 0.480. The van der Waals surface area contributed by atoms with E-state index in [4.69, 9.17) is 0 Å². The molecule has 2 amide bonds. The van der Waals surface area contributed by atoms with Crippen molar-refractivity contribution in [3.05, 3.63) is 46.8 Å². The Morgan fingerprint density at radius 1 is 1.15 bits per heavy atom. The topological polar surface area (TPSA) is 125 Å². The first kappa shape index (κ1) is 25.7. The third-order valence-electron chi connectivity index (χ3n) is 6.15. The number of nitrogens with one attached hydrogen (secondary N) is 3. The molecule has 0 saturated carbocycles. The summed E-state index contributed by atoms with van der Waals surface area (Å²) in [6.07, 6.45) is 4.25. The summed E-state index contributed by atoms with van der Waals surface area (Å²) in [5.74, 6) is -0.793. The smallest absolute Gasteiger partial charge is 0.268 e. The number of rotatable bonds is 8. The maximum Gasteiger partial charge on any atom is 0.268 e. The molecule has 1 aromatic heterocycles. The van der Waals surface area contributed by atoms with Crippen LogP contribution in [0.2, 0.25) is 0 Å². The molecule has 3 N–H and O–H groups in total. The minimum atomic E-state index is -3.34. The van der Waals surface area contributed by atoms with Gasteiger partial charge in [-0.1, -0.05) is 33.6 Å². The summed E-state index contributed by atoms with van der Waals surface area (Å²) in [6, 6.07) is 5.10. The number of ketones is 1. The van der Waals surface area contributed by atoms with Crippen LogP contribution in [0.3, 0.4) is 0 Å². The number of sulfone groups is 1. The summed E-state index contributed by atoms with van der Waals surface area (Å²) < 4.78 is 23.3. The number of carbonyl (C=O) groups excluding carboxylic acids is 3. The van der Waals surface area contributed by atoms with Crippen LogP contribution < -0.4 is 10.6 Å². The molecule has 1 atom stereocenters. The first-order valence-corrected chi connectivity index (χ1v) is 13.4. The maximum absolute atomic E-state index is 13.1. The SMILES string of the molecule is CCCCC(NC(=O)c1[nH]c2c(c1C)C(=O)CC(C)(C)C2)C(=O)Nc1ccc(S(C)(=O)=O)cc1. The van der Waals surface area contributed by atoms with Gasteiger partial charge >= 0.3 is 0 Å². The molecule has 1 aliphatic rings. The van der Waals surface area contributed by atoms with Gasteiger partial charge in [-0.2, -0.15) is 0 Å². The Kier molecular flexibility index (Phi) is 7.35. The molecule has 0 fully saturated rings. The Bertz CT molecular complexity index is 1210. The van der Waals surface area contributed by atoms with Gasteiger partial charge in [-0.05, 0) is 55.0 Å². The number of hydrogen-bond acceptors (Lipinski definition) is 5. The van der Waals surface area contributed by atoms with Crippen LogP contribution in [0.4, 0.5) is 5.69 Å². The van der Waals surface area contributed by atoms with E-state index in [0.29, 0.717) is 41.8 Å². The van der Waals surface area contributed by atoms with Crippen LogP contribution in [0.25, 0.3) is 0 Å². The van der Waals surface area contributed by atoms with Gasteiger partial charge in [0.15, 0.2) is 15.6 Å². The predicted octanol–water partition coefficient (Wildman–Crippen LogP) is 3.81. The van der Waals surface area contributed by atoms with Crippen molar-refractivity contribution < 1.29 is 22.8 Å². The molecule has 184 valence electrons. The van der Waals surface area contributed by atoms with Crippen LogP contribution in [0.5, 0.6) is 0 Å². The van der Waals surface area contributed by atoms with Crippen molar-refractivity contribution in [1.82, 2.24) is 10.3 Å². The number of benzene rings is 1. The fourth-order valence-electron chi connectivity index (χ4n) is 4.38. The van der Waals surface area contributed by atoms with E-state index >= 15 is 0 Å². The summed E-state index contributed by atoms with van der Waals surface area (Å²) in [7, 11) is -3.34. The van der Waals surface area contributed by atoms with Crippen molar-refractivity contribution in [3.8, 4) is 0 Å². The van der Waals surface area contributed by atoms with E-state index in [1.165, 1.54) is 24.3 Å². The highest BCUT2D eigenvalue weighted by atomic mass is 32.2. The fourth-order valence-corrected chi connectivity index (χ4v) is 5.01. The van der Waals surface area contributed by atoms with Crippen LogP contribution in [0, 0.1) is 12.3 Å². The second-order valence-corrected chi connectivity index (χ2v) is 11.9. The number of Topliss-reactive ketones (excluding diaryl/α,β-unsaturated/α-hetero) is 1. The Morgan fingerprint density at radius 2 is 1.79 bits per heavy atom. The number of carbonyl (C=O) groups is 3. The minimum Gasteiger partial charge on any atom is -0.354 e. The Hall–Kier alpha value is -2.94. The second kappa shape index (κ2) is 9.74. The van der Waals surface area contributed by atoms with Gasteiger partial charge in [0.05, 0.1) is 4.90 Å². The average Bonchev–Trinajstić information content (AvgIpc) is 3.05. The van der Waals surface area contributed by atoms with E-state index in [1.807, 2.05) is 20.8 Å². The number of amides is 2. The molecule has 0 bridgehead atoms. The lowest BCUT2D eigenvalue weighted by Gasteiger charge is -2.28. The number of anilines is 1. The average molecular weight is 488 g/mol. The first-order chi connectivity index (χ1) is 15.8. The van der Waals surface area contributed by atoms with E-state index in [2.05, 4.69) is 15.6 Å². The summed E-state index contributed by atoms with van der Waals surface area (Å²) >= 11 is 0. The molecule has 8 nitrogen and oxygen atoms in total. The van der Waals surface area contributed by atoms with E-state index < -0.39 is 21.8 Å². The number of unbranched alkanes of at least 4 members (excludes halogenated alkanes) is 1. The highest BCUT2D eigenvalue weighted by Gasteiger charge is 2.35. The standard InChI is InChI=1S/C25H33N3O5S/c1-6-7-8-18(23(30)26-16-9-11-17(12-10-16)34(5,32)33)28-24(31)22-15(2)21-19(27-22)13-25(3,4)14-20(21)29/h9-12,18,27H,6-8,13-14H2,1-5H3,(H,26,30)(H,28,31). The van der Waals surface area contributed by atoms with Crippen molar-refractivity contribution in [2.45, 2.75) is 70.7 Å². The van der Waals surface area contributed by atoms with Gasteiger partial charge < -0.3 is 15.6 Å². The van der Waals surface area contributed by atoms with Crippen molar-refractivity contribution in [2.75, 3.05) is 11.6 Å². The molecule has 0 saturated heterocycles. The first-order valence-electron chi connectivity index (χ1n) is 11.5. The quantitative estimate of drug-likeness (QED) is 0.522. The highest BCUT2D eigenvalue weighted by Crippen LogP contribution is 2.36. The van der Waals surface area contributed by atoms with Gasteiger partial charge in [-0.15, -0.1) is 0 Å². The highest BCUT2D eigenvalue weighted by molar-refractivity contribution is 7.90. The molecule has 0 aliphatic heterocycles. The van der Waals surface area contributed by atoms with Crippen molar-refractivity contribution in [3.63, 3.8) is 0 Å². The van der Waals surface area contributed by atoms with Gasteiger partial charge in [0, 0.05) is 29.6 Å². The summed E-state index contributed by atoms with van der Waals surface area (Å²) in [6.45, 7) is 7.80. The molecular weight excluding hydrogens is 454 g/mol. The van der Waals surface area contributed by atoms with Crippen LogP contribution in [0.1, 0.15) is 78.6 Å². The minimum absolute atomic E-state index is 0.0249. The number of aromatic amines is 1. The van der Waals surface area contributed by atoms with Crippen molar-refractivity contribution in [2.24, 2.45) is 5.41 Å². The molecule has 1 aliphatic carbocycles. The number of H-pyrrole nitrogens is 1. The van der Waals surface area contributed by atoms with E-state index in [9.17, 15) is 22.8 Å². The second-order valence-electron chi connectivity index (χ2n) is 9.87. The molecular formula is C25H33N3O5S. The third kappa shape index (κ3) is 5.75. The molecule has 0 radical (unpaired) electrons. The number of hydrogen-bond donors (Lipinski definition) is 3. The number of aromatic nitrogens is 1. The lowest BCUT2D eigenvalue weighted by Crippen LogP contribution is -2.44. The molecule has 2 aromatic rings. The van der Waals surface area contributed by atoms with E-state index in [0.717, 1.165) is 24.8 Å². The van der Waals surface area contributed by atoms with Crippen molar-refractivity contribution >= 4 is 33.1 Å². The van der Waals surface area contributed by atoms with E-state index in [1.54, 1.807) is 6.92 Å². The lowest BCUT2D eigenvalue weighted by atomic mass is 9.75. The molecule has 1 aromatic carbocycles. The van der Waals surface area contributed by atoms with Gasteiger partial charge in [0.1, 0.15) is 11.7 Å². The zero-order valence-electron chi connectivity index (χ0n) is 20.4. The van der Waals surface area contributed by atoms with Crippen LogP contribution in [-0.4, -0.2) is 43.3 Å². The van der Waals surface area contributed by atoms with Crippen LogP contribution >= 0.6 is 0 Å². The molecule has 34 heavy (non-hydrogen) atoms. The normalized spacial score (nSPS) is 16.0. The molecule has 1 heterocycles. The van der Waals surface area contributed by atoms with Gasteiger partial charge in [-0.25, -0.2) is 8.42 Å². The predicted molar refractivity (Wildman–Crippen MR) is 131 cm³/mol. The van der Waals surface area contributed by atoms with E-state index in [-0.39, 0.29) is 22.0 Å². The summed E-state index contributed by atoms with van der Waals surface area (Å²) in [5, 5.41) is 5.57. The monoisotopic (exact) mass is 487 g/mol. The molecule has 1 unspecified atom stereocenters. The van der Waals surface area contributed by atoms with Crippen LogP contribution in [-0.2, 0) is 21.1 Å². The summed E-state index contributed by atoms with van der Waals surface area (Å²) in [5.41, 5.74) is 2.54. The molecule has 9 heteroatoms. The van der Waals surface area contributed by atoms with Crippen molar-refractivity contribution in [1.29, 1.82) is 0 Å². The molecule has 0 spiro atoms. The largest absolute Gasteiger partial charge is 0.354 e.